The number of carbonyl (C=O) groups is 1. The lowest BCUT2D eigenvalue weighted by Crippen LogP contribution is -2.34. The van der Waals surface area contributed by atoms with E-state index in [9.17, 15) is 4.79 Å². The smallest absolute Gasteiger partial charge is 0.230 e. The standard InChI is InChI=1S/C11H15N5O2/c1-18-6-2-3-7-8(4-6)16(14)9(11(12)13)5-10(17)15-7/h2-4H,5,12-14H2,1H3,(H,15,17). The van der Waals surface area contributed by atoms with Gasteiger partial charge in [0.25, 0.3) is 0 Å². The number of nitrogens with two attached hydrogens (primary N) is 3. The zero-order chi connectivity index (χ0) is 13.3. The van der Waals surface area contributed by atoms with Crippen LogP contribution in [0.15, 0.2) is 29.7 Å². The Labute approximate surface area is 104 Å². The molecule has 7 nitrogen and oxygen atoms in total. The molecule has 1 aromatic carbocycles. The average Bonchev–Trinajstić information content (AvgIpc) is 2.46. The topological polar surface area (TPSA) is 120 Å². The monoisotopic (exact) mass is 249 g/mol. The molecule has 1 amide bonds. The van der Waals surface area contributed by atoms with Gasteiger partial charge in [-0.05, 0) is 12.1 Å². The maximum atomic E-state index is 11.7. The highest BCUT2D eigenvalue weighted by Gasteiger charge is 2.23. The number of fused-ring (bicyclic) bond motifs is 1. The van der Waals surface area contributed by atoms with Crippen molar-refractivity contribution in [1.29, 1.82) is 0 Å². The molecule has 0 saturated heterocycles. The quantitative estimate of drug-likeness (QED) is 0.512. The highest BCUT2D eigenvalue weighted by molar-refractivity contribution is 5.98. The lowest BCUT2D eigenvalue weighted by molar-refractivity contribution is -0.115. The molecule has 0 spiro atoms. The molecule has 0 bridgehead atoms. The third-order valence-electron chi connectivity index (χ3n) is 2.69. The summed E-state index contributed by atoms with van der Waals surface area (Å²) in [5, 5.41) is 4.02. The van der Waals surface area contributed by atoms with Crippen LogP contribution in [0.5, 0.6) is 5.75 Å². The summed E-state index contributed by atoms with van der Waals surface area (Å²) in [5.41, 5.74) is 12.6. The number of carbonyl (C=O) groups excluding carboxylic acids is 1. The molecule has 0 fully saturated rings. The van der Waals surface area contributed by atoms with Crippen molar-refractivity contribution in [2.75, 3.05) is 17.4 Å². The summed E-state index contributed by atoms with van der Waals surface area (Å²) < 4.78 is 5.12. The molecule has 0 aliphatic carbocycles. The molecule has 1 heterocycles. The number of rotatable bonds is 1. The summed E-state index contributed by atoms with van der Waals surface area (Å²) in [6.07, 6.45) is 0.0236. The molecule has 1 aromatic rings. The number of nitrogens with zero attached hydrogens (tertiary/aromatic N) is 1. The summed E-state index contributed by atoms with van der Waals surface area (Å²) in [6.45, 7) is 0. The van der Waals surface area contributed by atoms with Crippen LogP contribution in [0.25, 0.3) is 0 Å². The molecule has 0 atom stereocenters. The Hall–Kier alpha value is -2.41. The number of hydrogen-bond donors (Lipinski definition) is 4. The van der Waals surface area contributed by atoms with Gasteiger partial charge in [0.2, 0.25) is 5.91 Å². The van der Waals surface area contributed by atoms with Gasteiger partial charge in [0.15, 0.2) is 0 Å². The summed E-state index contributed by atoms with van der Waals surface area (Å²) in [7, 11) is 1.55. The van der Waals surface area contributed by atoms with Crippen molar-refractivity contribution in [1.82, 2.24) is 0 Å². The van der Waals surface area contributed by atoms with Crippen molar-refractivity contribution >= 4 is 17.3 Å². The molecule has 0 saturated carbocycles. The molecule has 2 rings (SSSR count). The van der Waals surface area contributed by atoms with Gasteiger partial charge < -0.3 is 21.5 Å². The summed E-state index contributed by atoms with van der Waals surface area (Å²) in [4.78, 5) is 11.7. The second-order valence-corrected chi connectivity index (χ2v) is 3.88. The van der Waals surface area contributed by atoms with Crippen LogP contribution in [0.1, 0.15) is 6.42 Å². The van der Waals surface area contributed by atoms with E-state index in [0.29, 0.717) is 22.8 Å². The van der Waals surface area contributed by atoms with E-state index in [0.717, 1.165) is 0 Å². The van der Waals surface area contributed by atoms with Gasteiger partial charge in [-0.3, -0.25) is 9.80 Å². The second kappa shape index (κ2) is 4.46. The first-order chi connectivity index (χ1) is 8.52. The van der Waals surface area contributed by atoms with E-state index in [1.165, 1.54) is 5.01 Å². The highest BCUT2D eigenvalue weighted by atomic mass is 16.5. The zero-order valence-electron chi connectivity index (χ0n) is 9.93. The van der Waals surface area contributed by atoms with Crippen LogP contribution in [0.2, 0.25) is 0 Å². The lowest BCUT2D eigenvalue weighted by atomic mass is 10.2. The van der Waals surface area contributed by atoms with Crippen LogP contribution in [0.3, 0.4) is 0 Å². The van der Waals surface area contributed by atoms with Gasteiger partial charge in [0.1, 0.15) is 11.6 Å². The molecular weight excluding hydrogens is 234 g/mol. The maximum absolute atomic E-state index is 11.7. The van der Waals surface area contributed by atoms with Crippen molar-refractivity contribution in [3.05, 3.63) is 29.7 Å². The summed E-state index contributed by atoms with van der Waals surface area (Å²) in [6, 6.07) is 5.14. The van der Waals surface area contributed by atoms with E-state index in [4.69, 9.17) is 22.0 Å². The Morgan fingerprint density at radius 3 is 2.78 bits per heavy atom. The van der Waals surface area contributed by atoms with Gasteiger partial charge in [-0.15, -0.1) is 0 Å². The molecule has 0 unspecified atom stereocenters. The number of amides is 1. The van der Waals surface area contributed by atoms with Gasteiger partial charge >= 0.3 is 0 Å². The molecule has 0 aromatic heterocycles. The number of anilines is 2. The molecule has 7 N–H and O–H groups in total. The third-order valence-corrected chi connectivity index (χ3v) is 2.69. The average molecular weight is 249 g/mol. The van der Waals surface area contributed by atoms with E-state index in [-0.39, 0.29) is 18.1 Å². The molecule has 7 heteroatoms. The van der Waals surface area contributed by atoms with Gasteiger partial charge in [-0.2, -0.15) is 0 Å². The number of ether oxygens (including phenoxy) is 1. The minimum absolute atomic E-state index is 0.0170. The third kappa shape index (κ3) is 2.03. The first-order valence-corrected chi connectivity index (χ1v) is 5.29. The number of benzene rings is 1. The highest BCUT2D eigenvalue weighted by Crippen LogP contribution is 2.34. The normalized spacial score (nSPS) is 14.7. The van der Waals surface area contributed by atoms with Crippen molar-refractivity contribution in [3.63, 3.8) is 0 Å². The largest absolute Gasteiger partial charge is 0.497 e. The van der Waals surface area contributed by atoms with Gasteiger partial charge in [0.05, 0.1) is 30.6 Å². The van der Waals surface area contributed by atoms with Crippen LogP contribution in [-0.4, -0.2) is 13.0 Å². The van der Waals surface area contributed by atoms with E-state index in [2.05, 4.69) is 5.32 Å². The Bertz CT molecular complexity index is 522. The van der Waals surface area contributed by atoms with E-state index < -0.39 is 0 Å². The Morgan fingerprint density at radius 1 is 1.44 bits per heavy atom. The van der Waals surface area contributed by atoms with Crippen molar-refractivity contribution < 1.29 is 9.53 Å². The fourth-order valence-corrected chi connectivity index (χ4v) is 1.76. The van der Waals surface area contributed by atoms with Crippen LogP contribution in [-0.2, 0) is 4.79 Å². The van der Waals surface area contributed by atoms with Crippen LogP contribution >= 0.6 is 0 Å². The number of hydrogen-bond acceptors (Lipinski definition) is 6. The minimum Gasteiger partial charge on any atom is -0.497 e. The van der Waals surface area contributed by atoms with E-state index in [1.807, 2.05) is 0 Å². The zero-order valence-corrected chi connectivity index (χ0v) is 9.93. The minimum atomic E-state index is -0.224. The Balaban J connectivity index is 2.57. The predicted octanol–water partition coefficient (Wildman–Crippen LogP) is -0.196. The van der Waals surface area contributed by atoms with Crippen LogP contribution in [0, 0.1) is 0 Å². The van der Waals surface area contributed by atoms with Crippen LogP contribution in [0.4, 0.5) is 11.4 Å². The number of hydrazine groups is 1. The molecular formula is C11H15N5O2. The van der Waals surface area contributed by atoms with E-state index in [1.54, 1.807) is 25.3 Å². The van der Waals surface area contributed by atoms with Gasteiger partial charge in [-0.25, -0.2) is 5.84 Å². The van der Waals surface area contributed by atoms with Crippen molar-refractivity contribution in [3.8, 4) is 5.75 Å². The molecule has 1 aliphatic heterocycles. The Kier molecular flexibility index (Phi) is 2.99. The van der Waals surface area contributed by atoms with Gasteiger partial charge in [0, 0.05) is 6.07 Å². The van der Waals surface area contributed by atoms with E-state index >= 15 is 0 Å². The van der Waals surface area contributed by atoms with Crippen LogP contribution < -0.4 is 32.4 Å². The predicted molar refractivity (Wildman–Crippen MR) is 68.3 cm³/mol. The SMILES string of the molecule is COc1ccc2c(c1)N(N)C(=C(N)N)CC(=O)N2. The molecule has 96 valence electrons. The molecule has 1 aliphatic rings. The number of nitrogens with one attached hydrogen (secondary N) is 1. The first-order valence-electron chi connectivity index (χ1n) is 5.29. The maximum Gasteiger partial charge on any atom is 0.230 e. The lowest BCUT2D eigenvalue weighted by Gasteiger charge is -2.21. The van der Waals surface area contributed by atoms with Crippen molar-refractivity contribution in [2.24, 2.45) is 17.3 Å². The first kappa shape index (κ1) is 12.1. The summed E-state index contributed by atoms with van der Waals surface area (Å²) in [5.74, 6) is 6.36. The molecule has 18 heavy (non-hydrogen) atoms. The fourth-order valence-electron chi connectivity index (χ4n) is 1.76. The summed E-state index contributed by atoms with van der Waals surface area (Å²) >= 11 is 0. The van der Waals surface area contributed by atoms with Gasteiger partial charge in [-0.1, -0.05) is 0 Å². The van der Waals surface area contributed by atoms with Crippen molar-refractivity contribution in [2.45, 2.75) is 6.42 Å². The molecule has 0 radical (unpaired) electrons. The Morgan fingerprint density at radius 2 is 2.17 bits per heavy atom. The number of methoxy groups -OCH3 is 1. The fraction of sp³-hybridized carbons (Fsp3) is 0.182. The second-order valence-electron chi connectivity index (χ2n) is 3.88.